The van der Waals surface area contributed by atoms with Crippen molar-refractivity contribution in [2.75, 3.05) is 19.8 Å². The van der Waals surface area contributed by atoms with E-state index in [9.17, 15) is 5.11 Å². The largest absolute Gasteiger partial charge is 0.367 e. The summed E-state index contributed by atoms with van der Waals surface area (Å²) in [5.74, 6) is -1.67. The third-order valence-corrected chi connectivity index (χ3v) is 1.95. The number of hydrogen-bond donors (Lipinski definition) is 1. The average Bonchev–Trinajstić information content (AvgIpc) is 2.04. The summed E-state index contributed by atoms with van der Waals surface area (Å²) < 4.78 is 15.8. The molecule has 15 heavy (non-hydrogen) atoms. The van der Waals surface area contributed by atoms with Gasteiger partial charge in [-0.05, 0) is 34.6 Å². The molecule has 0 aliphatic heterocycles. The molecular formula is C10H22HfO4. The van der Waals surface area contributed by atoms with E-state index in [4.69, 9.17) is 14.2 Å². The van der Waals surface area contributed by atoms with Crippen LogP contribution in [0.1, 0.15) is 34.6 Å². The fourth-order valence-corrected chi connectivity index (χ4v) is 1.23. The van der Waals surface area contributed by atoms with Gasteiger partial charge in [0, 0.05) is 45.7 Å². The normalized spacial score (nSPS) is 12.4. The molecule has 0 aliphatic rings. The molecule has 0 radical (unpaired) electrons. The van der Waals surface area contributed by atoms with Gasteiger partial charge in [0.25, 0.3) is 0 Å². The molecule has 0 aromatic carbocycles. The molecule has 0 rings (SSSR count). The molecule has 0 atom stereocenters. The molecule has 0 fully saturated rings. The van der Waals surface area contributed by atoms with E-state index in [-0.39, 0.29) is 25.8 Å². The molecule has 0 amide bonds. The van der Waals surface area contributed by atoms with Gasteiger partial charge in [0.2, 0.25) is 0 Å². The summed E-state index contributed by atoms with van der Waals surface area (Å²) in [6.45, 7) is 10.2. The molecule has 5 heteroatoms. The number of ether oxygens (including phenoxy) is 3. The van der Waals surface area contributed by atoms with Crippen molar-refractivity contribution in [1.29, 1.82) is 0 Å². The second-order valence-corrected chi connectivity index (χ2v) is 3.39. The molecular weight excluding hydrogens is 363 g/mol. The molecule has 0 unspecified atom stereocenters. The molecule has 90 valence electrons. The van der Waals surface area contributed by atoms with Crippen LogP contribution in [0.5, 0.6) is 0 Å². The Hall–Kier alpha value is 0.710. The standard InChI is InChI=1S/C10H22O4.Hf/c1-6-12-9(4,5)10(11,13-7-2)14-8-3;/h11H,6-8H2,1-5H3;. The monoisotopic (exact) mass is 386 g/mol. The Labute approximate surface area is 111 Å². The van der Waals surface area contributed by atoms with Crippen LogP contribution in [0.3, 0.4) is 0 Å². The van der Waals surface area contributed by atoms with Gasteiger partial charge in [-0.3, -0.25) is 0 Å². The van der Waals surface area contributed by atoms with Gasteiger partial charge in [-0.2, -0.15) is 0 Å². The minimum absolute atomic E-state index is 0. The molecule has 4 nitrogen and oxygen atoms in total. The van der Waals surface area contributed by atoms with E-state index in [0.29, 0.717) is 19.8 Å². The van der Waals surface area contributed by atoms with Gasteiger partial charge in [0.15, 0.2) is 0 Å². The zero-order valence-corrected chi connectivity index (χ0v) is 13.9. The van der Waals surface area contributed by atoms with Crippen molar-refractivity contribution in [3.05, 3.63) is 0 Å². The fourth-order valence-electron chi connectivity index (χ4n) is 1.23. The van der Waals surface area contributed by atoms with Crippen molar-refractivity contribution >= 4 is 0 Å². The van der Waals surface area contributed by atoms with Gasteiger partial charge in [-0.1, -0.05) is 0 Å². The van der Waals surface area contributed by atoms with E-state index in [1.54, 1.807) is 27.7 Å². The van der Waals surface area contributed by atoms with Crippen LogP contribution in [-0.4, -0.2) is 36.5 Å². The molecule has 0 spiro atoms. The number of hydrogen-bond acceptors (Lipinski definition) is 4. The minimum Gasteiger partial charge on any atom is -0.367 e. The molecule has 0 aliphatic carbocycles. The molecule has 0 saturated carbocycles. The molecule has 0 saturated heterocycles. The Morgan fingerprint density at radius 2 is 1.20 bits per heavy atom. The van der Waals surface area contributed by atoms with Crippen LogP contribution >= 0.6 is 0 Å². The van der Waals surface area contributed by atoms with Crippen molar-refractivity contribution in [2.45, 2.75) is 46.2 Å². The molecule has 0 bridgehead atoms. The second-order valence-electron chi connectivity index (χ2n) is 3.39. The first-order valence-corrected chi connectivity index (χ1v) is 5.07. The number of rotatable bonds is 7. The van der Waals surface area contributed by atoms with Crippen molar-refractivity contribution in [2.24, 2.45) is 0 Å². The van der Waals surface area contributed by atoms with Crippen LogP contribution < -0.4 is 0 Å². The SMILES string of the molecule is CCOC(C)(C)C(O)(OCC)OCC.[Hf]. The van der Waals surface area contributed by atoms with Gasteiger partial charge in [0.1, 0.15) is 5.60 Å². The van der Waals surface area contributed by atoms with Gasteiger partial charge >= 0.3 is 5.97 Å². The van der Waals surface area contributed by atoms with Crippen LogP contribution in [0.15, 0.2) is 0 Å². The molecule has 0 heterocycles. The number of aliphatic hydroxyl groups is 1. The quantitative estimate of drug-likeness (QED) is 0.534. The molecule has 1 N–H and O–H groups in total. The summed E-state index contributed by atoms with van der Waals surface area (Å²) in [6.07, 6.45) is 0. The zero-order valence-electron chi connectivity index (χ0n) is 10.3. The third kappa shape index (κ3) is 5.04. The van der Waals surface area contributed by atoms with E-state index in [2.05, 4.69) is 0 Å². The average molecular weight is 385 g/mol. The second kappa shape index (κ2) is 7.90. The summed E-state index contributed by atoms with van der Waals surface area (Å²) in [5, 5.41) is 10.1. The minimum atomic E-state index is -1.67. The van der Waals surface area contributed by atoms with Crippen molar-refractivity contribution < 1.29 is 45.2 Å². The van der Waals surface area contributed by atoms with Gasteiger partial charge in [0.05, 0.1) is 0 Å². The molecule has 0 aromatic rings. The van der Waals surface area contributed by atoms with E-state index < -0.39 is 11.6 Å². The Morgan fingerprint density at radius 1 is 0.867 bits per heavy atom. The molecule has 0 aromatic heterocycles. The maximum atomic E-state index is 10.1. The maximum Gasteiger partial charge on any atom is 0.310 e. The van der Waals surface area contributed by atoms with Crippen LogP contribution in [0.25, 0.3) is 0 Å². The summed E-state index contributed by atoms with van der Waals surface area (Å²) in [7, 11) is 0. The predicted octanol–water partition coefficient (Wildman–Crippen LogP) is 1.52. The van der Waals surface area contributed by atoms with Crippen LogP contribution in [-0.2, 0) is 40.1 Å². The smallest absolute Gasteiger partial charge is 0.310 e. The first kappa shape index (κ1) is 18.1. The summed E-state index contributed by atoms with van der Waals surface area (Å²) in [4.78, 5) is 0. The third-order valence-electron chi connectivity index (χ3n) is 1.95. The first-order chi connectivity index (χ1) is 6.43. The Balaban J connectivity index is 0. The maximum absolute atomic E-state index is 10.1. The van der Waals surface area contributed by atoms with Crippen LogP contribution in [0.2, 0.25) is 0 Å². The van der Waals surface area contributed by atoms with Crippen LogP contribution in [0.4, 0.5) is 0 Å². The van der Waals surface area contributed by atoms with Gasteiger partial charge in [-0.25, -0.2) is 0 Å². The fraction of sp³-hybridized carbons (Fsp3) is 1.00. The zero-order chi connectivity index (χ0) is 11.2. The Kier molecular flexibility index (Phi) is 9.52. The van der Waals surface area contributed by atoms with Crippen molar-refractivity contribution in [3.63, 3.8) is 0 Å². The predicted molar refractivity (Wildman–Crippen MR) is 53.9 cm³/mol. The van der Waals surface area contributed by atoms with E-state index in [0.717, 1.165) is 0 Å². The van der Waals surface area contributed by atoms with Crippen LogP contribution in [0, 0.1) is 0 Å². The summed E-state index contributed by atoms with van der Waals surface area (Å²) in [6, 6.07) is 0. The first-order valence-electron chi connectivity index (χ1n) is 5.07. The topological polar surface area (TPSA) is 47.9 Å². The van der Waals surface area contributed by atoms with E-state index in [1.165, 1.54) is 0 Å². The summed E-state index contributed by atoms with van der Waals surface area (Å²) >= 11 is 0. The van der Waals surface area contributed by atoms with E-state index >= 15 is 0 Å². The van der Waals surface area contributed by atoms with Gasteiger partial charge < -0.3 is 19.3 Å². The Morgan fingerprint density at radius 3 is 1.47 bits per heavy atom. The van der Waals surface area contributed by atoms with Gasteiger partial charge in [-0.15, -0.1) is 0 Å². The van der Waals surface area contributed by atoms with Crippen molar-refractivity contribution in [1.82, 2.24) is 0 Å². The summed E-state index contributed by atoms with van der Waals surface area (Å²) in [5.41, 5.74) is -0.881. The van der Waals surface area contributed by atoms with E-state index in [1.807, 2.05) is 6.92 Å². The Bertz CT molecular complexity index is 156. The van der Waals surface area contributed by atoms with Crippen molar-refractivity contribution in [3.8, 4) is 0 Å².